The summed E-state index contributed by atoms with van der Waals surface area (Å²) in [4.78, 5) is 45.5. The molecule has 3 heterocycles. The number of amides is 3. The Bertz CT molecular complexity index is 1750. The molecule has 2 aromatic carbocycles. The van der Waals surface area contributed by atoms with E-state index in [4.69, 9.17) is 26.1 Å². The van der Waals surface area contributed by atoms with Crippen LogP contribution in [-0.2, 0) is 11.3 Å². The Balaban J connectivity index is 1.54. The van der Waals surface area contributed by atoms with Gasteiger partial charge in [0, 0.05) is 60.3 Å². The van der Waals surface area contributed by atoms with E-state index in [1.807, 2.05) is 44.1 Å². The van der Waals surface area contributed by atoms with Gasteiger partial charge in [-0.05, 0) is 50.8 Å². The number of urea groups is 1. The van der Waals surface area contributed by atoms with Crippen molar-refractivity contribution in [1.29, 1.82) is 0 Å². The molecule has 1 atom stereocenters. The maximum atomic E-state index is 14.5. The first kappa shape index (κ1) is 32.2. The summed E-state index contributed by atoms with van der Waals surface area (Å²) in [5, 5.41) is 6.34. The normalized spacial score (nSPS) is 13.5. The van der Waals surface area contributed by atoms with Crippen molar-refractivity contribution >= 4 is 52.4 Å². The van der Waals surface area contributed by atoms with Gasteiger partial charge in [0.25, 0.3) is 0 Å². The fourth-order valence-electron chi connectivity index (χ4n) is 4.94. The number of anilines is 5. The molecule has 0 fully saturated rings. The molecule has 0 aliphatic carbocycles. The van der Waals surface area contributed by atoms with E-state index in [1.54, 1.807) is 64.8 Å². The minimum Gasteiger partial charge on any atom is -0.497 e. The number of rotatable bonds is 11. The van der Waals surface area contributed by atoms with E-state index in [9.17, 15) is 9.59 Å². The average molecular weight is 643 g/mol. The zero-order valence-electron chi connectivity index (χ0n) is 26.2. The Morgan fingerprint density at radius 3 is 2.61 bits per heavy atom. The van der Waals surface area contributed by atoms with E-state index in [2.05, 4.69) is 20.6 Å². The van der Waals surface area contributed by atoms with E-state index >= 15 is 0 Å². The second-order valence-electron chi connectivity index (χ2n) is 10.8. The van der Waals surface area contributed by atoms with Crippen molar-refractivity contribution in [3.8, 4) is 11.5 Å². The van der Waals surface area contributed by atoms with Crippen LogP contribution in [0.25, 0.3) is 0 Å². The van der Waals surface area contributed by atoms with Gasteiger partial charge >= 0.3 is 6.03 Å². The van der Waals surface area contributed by atoms with Gasteiger partial charge in [-0.1, -0.05) is 29.8 Å². The first-order chi connectivity index (χ1) is 22.2. The highest BCUT2D eigenvalue weighted by Crippen LogP contribution is 2.43. The van der Waals surface area contributed by atoms with Gasteiger partial charge in [-0.15, -0.1) is 0 Å². The van der Waals surface area contributed by atoms with Crippen molar-refractivity contribution in [3.05, 3.63) is 95.4 Å². The maximum absolute atomic E-state index is 14.5. The number of fused-ring (bicyclic) bond motifs is 1. The number of hydrogen-bond acceptors (Lipinski definition) is 9. The van der Waals surface area contributed by atoms with Gasteiger partial charge in [0.2, 0.25) is 11.9 Å². The summed E-state index contributed by atoms with van der Waals surface area (Å²) >= 11 is 6.76. The van der Waals surface area contributed by atoms with Crippen LogP contribution in [0.5, 0.6) is 11.5 Å². The van der Waals surface area contributed by atoms with Crippen molar-refractivity contribution in [1.82, 2.24) is 19.9 Å². The van der Waals surface area contributed by atoms with Crippen molar-refractivity contribution in [2.75, 3.05) is 55.3 Å². The van der Waals surface area contributed by atoms with Crippen molar-refractivity contribution < 1.29 is 19.1 Å². The standard InChI is InChI=1S/C33H35ClN8O4/c1-21(22-8-6-9-25(16-22)37-29(43)10-7-15-40(2)3)42-31-23(19-36-32(39-31)38-24-11-13-35-14-12-24)20-41(33(42)44)27-17-26(45-4)18-28(46-5)30(27)34/h6-14,16-19,21H,15,20H2,1-5H3,(H,37,43)(H,35,36,38,39)/b10-7+. The van der Waals surface area contributed by atoms with Gasteiger partial charge in [-0.2, -0.15) is 4.98 Å². The Morgan fingerprint density at radius 1 is 1.11 bits per heavy atom. The van der Waals surface area contributed by atoms with E-state index in [-0.39, 0.29) is 23.5 Å². The Kier molecular flexibility index (Phi) is 9.99. The van der Waals surface area contributed by atoms with E-state index in [0.29, 0.717) is 46.7 Å². The van der Waals surface area contributed by atoms with Crippen molar-refractivity contribution in [2.24, 2.45) is 0 Å². The zero-order chi connectivity index (χ0) is 32.8. The van der Waals surface area contributed by atoms with Crippen LogP contribution in [-0.4, -0.2) is 66.6 Å². The molecule has 0 bridgehead atoms. The second-order valence-corrected chi connectivity index (χ2v) is 11.1. The number of halogens is 1. The largest absolute Gasteiger partial charge is 0.497 e. The SMILES string of the molecule is COc1cc(OC)c(Cl)c(N2Cc3cnc(Nc4ccncc4)nc3N(C(C)c3cccc(NC(=O)/C=C/CN(C)C)c3)C2=O)c1. The van der Waals surface area contributed by atoms with Crippen LogP contribution < -0.4 is 29.9 Å². The molecular formula is C33H35ClN8O4. The molecule has 238 valence electrons. The molecular weight excluding hydrogens is 608 g/mol. The Hall–Kier alpha value is -5.20. The molecule has 1 unspecified atom stereocenters. The van der Waals surface area contributed by atoms with E-state index < -0.39 is 6.04 Å². The third-order valence-corrected chi connectivity index (χ3v) is 7.66. The highest BCUT2D eigenvalue weighted by Gasteiger charge is 2.38. The lowest BCUT2D eigenvalue weighted by molar-refractivity contribution is -0.111. The molecule has 0 saturated carbocycles. The molecule has 4 aromatic rings. The number of carbonyl (C=O) groups excluding carboxylic acids is 2. The summed E-state index contributed by atoms with van der Waals surface area (Å²) in [6.07, 6.45) is 8.29. The molecule has 46 heavy (non-hydrogen) atoms. The molecule has 2 N–H and O–H groups in total. The summed E-state index contributed by atoms with van der Waals surface area (Å²) in [5.74, 6) is 1.34. The van der Waals surface area contributed by atoms with Crippen LogP contribution in [0.15, 0.2) is 79.3 Å². The fourth-order valence-corrected chi connectivity index (χ4v) is 5.23. The topological polar surface area (TPSA) is 125 Å². The summed E-state index contributed by atoms with van der Waals surface area (Å²) in [7, 11) is 6.89. The number of carbonyl (C=O) groups is 2. The molecule has 0 saturated heterocycles. The number of pyridine rings is 1. The quantitative estimate of drug-likeness (QED) is 0.188. The van der Waals surface area contributed by atoms with Crippen molar-refractivity contribution in [3.63, 3.8) is 0 Å². The van der Waals surface area contributed by atoms with Gasteiger partial charge < -0.3 is 25.0 Å². The highest BCUT2D eigenvalue weighted by atomic mass is 35.5. The van der Waals surface area contributed by atoms with Gasteiger partial charge in [-0.3, -0.25) is 19.6 Å². The number of nitrogens with zero attached hydrogens (tertiary/aromatic N) is 6. The number of likely N-dealkylation sites (N-methyl/N-ethyl adjacent to an activating group) is 1. The first-order valence-electron chi connectivity index (χ1n) is 14.5. The first-order valence-corrected chi connectivity index (χ1v) is 14.8. The average Bonchev–Trinajstić information content (AvgIpc) is 3.05. The lowest BCUT2D eigenvalue weighted by atomic mass is 10.0. The number of nitrogens with one attached hydrogen (secondary N) is 2. The summed E-state index contributed by atoms with van der Waals surface area (Å²) < 4.78 is 11.0. The highest BCUT2D eigenvalue weighted by molar-refractivity contribution is 6.35. The minimum absolute atomic E-state index is 0.151. The molecule has 1 aliphatic rings. The van der Waals surface area contributed by atoms with Gasteiger partial charge in [0.15, 0.2) is 0 Å². The number of ether oxygens (including phenoxy) is 2. The van der Waals surface area contributed by atoms with Crippen LogP contribution in [0.4, 0.5) is 33.6 Å². The maximum Gasteiger partial charge on any atom is 0.331 e. The summed E-state index contributed by atoms with van der Waals surface area (Å²) in [6.45, 7) is 2.69. The summed E-state index contributed by atoms with van der Waals surface area (Å²) in [5.41, 5.74) is 3.22. The lowest BCUT2D eigenvalue weighted by Gasteiger charge is -2.39. The molecule has 1 aliphatic heterocycles. The van der Waals surface area contributed by atoms with Crippen LogP contribution in [0.3, 0.4) is 0 Å². The Labute approximate surface area is 272 Å². The number of aromatic nitrogens is 3. The van der Waals surface area contributed by atoms with Crippen LogP contribution >= 0.6 is 11.6 Å². The molecule has 2 aromatic heterocycles. The van der Waals surface area contributed by atoms with Crippen LogP contribution in [0, 0.1) is 0 Å². The van der Waals surface area contributed by atoms with Crippen LogP contribution in [0.2, 0.25) is 5.02 Å². The van der Waals surface area contributed by atoms with Crippen LogP contribution in [0.1, 0.15) is 24.1 Å². The van der Waals surface area contributed by atoms with Gasteiger partial charge in [0.05, 0.1) is 32.5 Å². The molecule has 13 heteroatoms. The van der Waals surface area contributed by atoms with Gasteiger partial charge in [0.1, 0.15) is 22.3 Å². The summed E-state index contributed by atoms with van der Waals surface area (Å²) in [6, 6.07) is 13.4. The number of hydrogen-bond donors (Lipinski definition) is 2. The lowest BCUT2D eigenvalue weighted by Crippen LogP contribution is -2.49. The monoisotopic (exact) mass is 642 g/mol. The van der Waals surface area contributed by atoms with Gasteiger partial charge in [-0.25, -0.2) is 9.78 Å². The molecule has 3 amide bonds. The predicted octanol–water partition coefficient (Wildman–Crippen LogP) is 6.05. The Morgan fingerprint density at radius 2 is 1.89 bits per heavy atom. The smallest absolute Gasteiger partial charge is 0.331 e. The third kappa shape index (κ3) is 7.19. The number of methoxy groups -OCH3 is 2. The minimum atomic E-state index is -0.523. The van der Waals surface area contributed by atoms with E-state index in [0.717, 1.165) is 11.3 Å². The predicted molar refractivity (Wildman–Crippen MR) is 179 cm³/mol. The zero-order valence-corrected chi connectivity index (χ0v) is 26.9. The molecule has 5 rings (SSSR count). The molecule has 12 nitrogen and oxygen atoms in total. The second kappa shape index (κ2) is 14.3. The molecule has 0 radical (unpaired) electrons. The fraction of sp³-hybridized carbons (Fsp3) is 0.242. The van der Waals surface area contributed by atoms with E-state index in [1.165, 1.54) is 20.3 Å². The molecule has 0 spiro atoms. The number of benzene rings is 2. The third-order valence-electron chi connectivity index (χ3n) is 7.28. The van der Waals surface area contributed by atoms with Crippen molar-refractivity contribution in [2.45, 2.75) is 19.5 Å².